The molecule has 1 aromatic rings. The van der Waals surface area contributed by atoms with E-state index in [-0.39, 0.29) is 12.6 Å². The summed E-state index contributed by atoms with van der Waals surface area (Å²) in [6.07, 6.45) is 2.56. The molecule has 7 heteroatoms. The molecule has 0 aliphatic carbocycles. The predicted octanol–water partition coefficient (Wildman–Crippen LogP) is 1.24. The molecule has 1 aromatic heterocycles. The average molecular weight is 304 g/mol. The van der Waals surface area contributed by atoms with Crippen molar-refractivity contribution in [3.63, 3.8) is 0 Å². The summed E-state index contributed by atoms with van der Waals surface area (Å²) in [7, 11) is -3.51. The van der Waals surface area contributed by atoms with Gasteiger partial charge in [-0.3, -0.25) is 0 Å². The van der Waals surface area contributed by atoms with Gasteiger partial charge in [-0.05, 0) is 36.8 Å². The Morgan fingerprint density at radius 1 is 1.53 bits per heavy atom. The van der Waals surface area contributed by atoms with Crippen molar-refractivity contribution in [1.82, 2.24) is 9.03 Å². The van der Waals surface area contributed by atoms with E-state index in [1.807, 2.05) is 18.4 Å². The van der Waals surface area contributed by atoms with Gasteiger partial charge in [0.1, 0.15) is 0 Å². The number of hydrogen-bond donors (Lipinski definition) is 2. The molecule has 2 N–H and O–H groups in total. The van der Waals surface area contributed by atoms with Gasteiger partial charge in [0.05, 0.1) is 6.61 Å². The van der Waals surface area contributed by atoms with Crippen LogP contribution in [0.2, 0.25) is 0 Å². The molecule has 1 atom stereocenters. The van der Waals surface area contributed by atoms with Crippen molar-refractivity contribution in [2.24, 2.45) is 0 Å². The molecule has 2 rings (SSSR count). The maximum Gasteiger partial charge on any atom is 0.280 e. The van der Waals surface area contributed by atoms with Gasteiger partial charge in [-0.1, -0.05) is 6.42 Å². The molecule has 1 unspecified atom stereocenters. The minimum Gasteiger partial charge on any atom is -0.395 e. The highest BCUT2D eigenvalue weighted by molar-refractivity contribution is 7.87. The van der Waals surface area contributed by atoms with Crippen molar-refractivity contribution < 1.29 is 13.5 Å². The molecule has 1 aliphatic rings. The van der Waals surface area contributed by atoms with Crippen LogP contribution in [0.5, 0.6) is 0 Å². The van der Waals surface area contributed by atoms with E-state index >= 15 is 0 Å². The van der Waals surface area contributed by atoms with E-state index in [0.29, 0.717) is 13.1 Å². The Kier molecular flexibility index (Phi) is 4.97. The second-order valence-electron chi connectivity index (χ2n) is 4.80. The van der Waals surface area contributed by atoms with Crippen molar-refractivity contribution in [2.45, 2.75) is 38.8 Å². The van der Waals surface area contributed by atoms with Gasteiger partial charge in [0.25, 0.3) is 10.2 Å². The molecular weight excluding hydrogens is 284 g/mol. The lowest BCUT2D eigenvalue weighted by molar-refractivity contribution is 0.154. The predicted molar refractivity (Wildman–Crippen MR) is 76.2 cm³/mol. The average Bonchev–Trinajstić information content (AvgIpc) is 2.82. The first-order valence-corrected chi connectivity index (χ1v) is 8.77. The van der Waals surface area contributed by atoms with Crippen molar-refractivity contribution in [3.05, 3.63) is 21.9 Å². The third kappa shape index (κ3) is 3.55. The second kappa shape index (κ2) is 6.32. The van der Waals surface area contributed by atoms with Crippen LogP contribution in [0.15, 0.2) is 11.4 Å². The quantitative estimate of drug-likeness (QED) is 0.860. The van der Waals surface area contributed by atoms with E-state index in [2.05, 4.69) is 4.72 Å². The summed E-state index contributed by atoms with van der Waals surface area (Å²) in [4.78, 5) is 1.03. The summed E-state index contributed by atoms with van der Waals surface area (Å²) < 4.78 is 28.6. The molecular formula is C12H20N2O3S2. The van der Waals surface area contributed by atoms with Gasteiger partial charge in [0, 0.05) is 24.0 Å². The standard InChI is InChI=1S/C12H20N2O3S2/c1-10-5-7-18-12(10)8-13-19(16,17)14-6-3-2-4-11(14)9-15/h5,7,11,13,15H,2-4,6,8-9H2,1H3. The van der Waals surface area contributed by atoms with Gasteiger partial charge in [-0.25, -0.2) is 0 Å². The molecule has 0 spiro atoms. The number of aliphatic hydroxyl groups is 1. The number of hydrogen-bond acceptors (Lipinski definition) is 4. The first-order chi connectivity index (χ1) is 9.04. The molecule has 1 aliphatic heterocycles. The second-order valence-corrected chi connectivity index (χ2v) is 7.50. The molecule has 1 fully saturated rings. The van der Waals surface area contributed by atoms with Crippen LogP contribution in [0.4, 0.5) is 0 Å². The number of rotatable bonds is 5. The number of piperidine rings is 1. The largest absolute Gasteiger partial charge is 0.395 e. The minimum atomic E-state index is -3.51. The molecule has 2 heterocycles. The Morgan fingerprint density at radius 2 is 2.32 bits per heavy atom. The molecule has 0 bridgehead atoms. The Bertz CT molecular complexity index is 513. The van der Waals surface area contributed by atoms with Crippen LogP contribution in [0.1, 0.15) is 29.7 Å². The van der Waals surface area contributed by atoms with Gasteiger partial charge < -0.3 is 5.11 Å². The summed E-state index contributed by atoms with van der Waals surface area (Å²) in [5, 5.41) is 11.2. The lowest BCUT2D eigenvalue weighted by Gasteiger charge is -2.33. The van der Waals surface area contributed by atoms with Crippen molar-refractivity contribution in [2.75, 3.05) is 13.2 Å². The zero-order valence-electron chi connectivity index (χ0n) is 11.0. The fraction of sp³-hybridized carbons (Fsp3) is 0.667. The van der Waals surface area contributed by atoms with Crippen LogP contribution in [0.25, 0.3) is 0 Å². The highest BCUT2D eigenvalue weighted by Crippen LogP contribution is 2.20. The van der Waals surface area contributed by atoms with E-state index < -0.39 is 10.2 Å². The lowest BCUT2D eigenvalue weighted by Crippen LogP contribution is -2.50. The van der Waals surface area contributed by atoms with E-state index in [1.54, 1.807) is 11.3 Å². The minimum absolute atomic E-state index is 0.112. The summed E-state index contributed by atoms with van der Waals surface area (Å²) >= 11 is 1.55. The third-order valence-electron chi connectivity index (χ3n) is 3.48. The molecule has 5 nitrogen and oxygen atoms in total. The van der Waals surface area contributed by atoms with E-state index in [0.717, 1.165) is 29.7 Å². The summed E-state index contributed by atoms with van der Waals surface area (Å²) in [5.41, 5.74) is 1.10. The Morgan fingerprint density at radius 3 is 2.95 bits per heavy atom. The van der Waals surface area contributed by atoms with Gasteiger partial charge in [-0.2, -0.15) is 17.4 Å². The van der Waals surface area contributed by atoms with Gasteiger partial charge >= 0.3 is 0 Å². The van der Waals surface area contributed by atoms with Gasteiger partial charge in [-0.15, -0.1) is 11.3 Å². The maximum atomic E-state index is 12.3. The molecule has 0 saturated carbocycles. The number of nitrogens with one attached hydrogen (secondary N) is 1. The van der Waals surface area contributed by atoms with Crippen LogP contribution in [0.3, 0.4) is 0 Å². The lowest BCUT2D eigenvalue weighted by atomic mass is 10.1. The smallest absolute Gasteiger partial charge is 0.280 e. The SMILES string of the molecule is Cc1ccsc1CNS(=O)(=O)N1CCCCC1CO. The highest BCUT2D eigenvalue weighted by Gasteiger charge is 2.31. The Hall–Kier alpha value is -0.470. The summed E-state index contributed by atoms with van der Waals surface area (Å²) in [6, 6.07) is 1.70. The zero-order chi connectivity index (χ0) is 13.9. The van der Waals surface area contributed by atoms with Gasteiger partial charge in [0.15, 0.2) is 0 Å². The maximum absolute atomic E-state index is 12.3. The first kappa shape index (κ1) is 14.9. The number of aryl methyl sites for hydroxylation is 1. The molecule has 108 valence electrons. The normalized spacial score (nSPS) is 21.7. The van der Waals surface area contributed by atoms with Crippen molar-refractivity contribution >= 4 is 21.5 Å². The van der Waals surface area contributed by atoms with Crippen LogP contribution in [-0.2, 0) is 16.8 Å². The molecule has 19 heavy (non-hydrogen) atoms. The monoisotopic (exact) mass is 304 g/mol. The van der Waals surface area contributed by atoms with Gasteiger partial charge in [0.2, 0.25) is 0 Å². The molecule has 0 aromatic carbocycles. The van der Waals surface area contributed by atoms with Crippen LogP contribution in [0, 0.1) is 6.92 Å². The fourth-order valence-electron chi connectivity index (χ4n) is 2.30. The Balaban J connectivity index is 2.03. The Labute approximate surface area is 118 Å². The zero-order valence-corrected chi connectivity index (χ0v) is 12.6. The molecule has 0 radical (unpaired) electrons. The number of aliphatic hydroxyl groups excluding tert-OH is 1. The topological polar surface area (TPSA) is 69.6 Å². The molecule has 1 saturated heterocycles. The van der Waals surface area contributed by atoms with E-state index in [9.17, 15) is 13.5 Å². The van der Waals surface area contributed by atoms with Crippen LogP contribution in [-0.4, -0.2) is 37.0 Å². The third-order valence-corrected chi connectivity index (χ3v) is 6.11. The number of nitrogens with zero attached hydrogens (tertiary/aromatic N) is 1. The fourth-order valence-corrected chi connectivity index (χ4v) is 4.66. The van der Waals surface area contributed by atoms with Crippen molar-refractivity contribution in [1.29, 1.82) is 0 Å². The van der Waals surface area contributed by atoms with Crippen LogP contribution >= 0.6 is 11.3 Å². The van der Waals surface area contributed by atoms with E-state index in [4.69, 9.17) is 0 Å². The van der Waals surface area contributed by atoms with Crippen LogP contribution < -0.4 is 4.72 Å². The highest BCUT2D eigenvalue weighted by atomic mass is 32.2. The number of thiophene rings is 1. The van der Waals surface area contributed by atoms with Crippen molar-refractivity contribution in [3.8, 4) is 0 Å². The van der Waals surface area contributed by atoms with E-state index in [1.165, 1.54) is 4.31 Å². The summed E-state index contributed by atoms with van der Waals surface area (Å²) in [6.45, 7) is 2.67. The first-order valence-electron chi connectivity index (χ1n) is 6.45. The molecule has 0 amide bonds. The summed E-state index contributed by atoms with van der Waals surface area (Å²) in [5.74, 6) is 0.